The Morgan fingerprint density at radius 1 is 1.15 bits per heavy atom. The van der Waals surface area contributed by atoms with Crippen LogP contribution in [0.1, 0.15) is 21.8 Å². The molecule has 0 aliphatic carbocycles. The van der Waals surface area contributed by atoms with Crippen molar-refractivity contribution in [1.29, 1.82) is 0 Å². The minimum Gasteiger partial charge on any atom is -0.490 e. The maximum absolute atomic E-state index is 12.6. The second kappa shape index (κ2) is 8.31. The quantitative estimate of drug-likeness (QED) is 0.596. The molecule has 0 bridgehead atoms. The molecule has 0 saturated heterocycles. The van der Waals surface area contributed by atoms with Gasteiger partial charge in [0.1, 0.15) is 12.4 Å². The van der Waals surface area contributed by atoms with Gasteiger partial charge in [-0.3, -0.25) is 4.79 Å². The highest BCUT2D eigenvalue weighted by Crippen LogP contribution is 2.19. The molecule has 1 aromatic heterocycles. The first-order chi connectivity index (χ1) is 13.1. The van der Waals surface area contributed by atoms with Gasteiger partial charge in [-0.15, -0.1) is 10.2 Å². The van der Waals surface area contributed by atoms with Crippen molar-refractivity contribution in [2.45, 2.75) is 13.5 Å². The number of nitrogens with zero attached hydrogens (tertiary/aromatic N) is 3. The highest BCUT2D eigenvalue weighted by Gasteiger charge is 2.16. The fourth-order valence-corrected chi connectivity index (χ4v) is 2.47. The number of rotatable bonds is 7. The summed E-state index contributed by atoms with van der Waals surface area (Å²) in [4.78, 5) is 14.1. The van der Waals surface area contributed by atoms with Gasteiger partial charge in [-0.2, -0.15) is 0 Å². The molecule has 3 aromatic rings. The van der Waals surface area contributed by atoms with Crippen LogP contribution in [0, 0.1) is 6.92 Å². The minimum absolute atomic E-state index is 0.139. The Kier molecular flexibility index (Phi) is 5.66. The Bertz CT molecular complexity index is 915. The third-order valence-corrected chi connectivity index (χ3v) is 3.95. The molecule has 0 aliphatic heterocycles. The summed E-state index contributed by atoms with van der Waals surface area (Å²) in [6.07, 6.45) is 1.67. The molecule has 6 nitrogen and oxygen atoms in total. The van der Waals surface area contributed by atoms with Crippen molar-refractivity contribution in [3.8, 4) is 17.2 Å². The molecule has 0 saturated carbocycles. The van der Waals surface area contributed by atoms with E-state index in [4.69, 9.17) is 9.15 Å². The van der Waals surface area contributed by atoms with Crippen molar-refractivity contribution >= 4 is 5.91 Å². The van der Waals surface area contributed by atoms with Crippen molar-refractivity contribution in [3.63, 3.8) is 0 Å². The Hall–Kier alpha value is -3.41. The van der Waals surface area contributed by atoms with E-state index in [-0.39, 0.29) is 12.5 Å². The van der Waals surface area contributed by atoms with E-state index in [9.17, 15) is 4.79 Å². The van der Waals surface area contributed by atoms with Gasteiger partial charge in [0.05, 0.1) is 6.54 Å². The summed E-state index contributed by atoms with van der Waals surface area (Å²) in [5.74, 6) is 1.37. The smallest absolute Gasteiger partial charge is 0.254 e. The molecule has 6 heteroatoms. The summed E-state index contributed by atoms with van der Waals surface area (Å²) in [5, 5.41) is 8.10. The molecule has 138 valence electrons. The third kappa shape index (κ3) is 4.61. The zero-order valence-electron chi connectivity index (χ0n) is 15.4. The van der Waals surface area contributed by atoms with Crippen LogP contribution in [0.2, 0.25) is 0 Å². The van der Waals surface area contributed by atoms with Crippen LogP contribution in [0.25, 0.3) is 11.5 Å². The summed E-state index contributed by atoms with van der Waals surface area (Å²) >= 11 is 0. The number of amides is 1. The van der Waals surface area contributed by atoms with Gasteiger partial charge in [0.25, 0.3) is 5.91 Å². The number of benzene rings is 2. The van der Waals surface area contributed by atoms with Gasteiger partial charge >= 0.3 is 0 Å². The van der Waals surface area contributed by atoms with Crippen molar-refractivity contribution in [2.24, 2.45) is 0 Å². The first-order valence-corrected chi connectivity index (χ1v) is 8.55. The SMILES string of the molecule is C=CCOc1ccc(C(=O)N(C)Cc2nnc(-c3ccc(C)cc3)o2)cc1. The first-order valence-electron chi connectivity index (χ1n) is 8.55. The van der Waals surface area contributed by atoms with E-state index in [0.29, 0.717) is 29.7 Å². The third-order valence-electron chi connectivity index (χ3n) is 3.95. The molecule has 2 aromatic carbocycles. The van der Waals surface area contributed by atoms with E-state index in [0.717, 1.165) is 11.1 Å². The maximum atomic E-state index is 12.6. The van der Waals surface area contributed by atoms with Crippen LogP contribution in [0.5, 0.6) is 5.75 Å². The average molecular weight is 363 g/mol. The van der Waals surface area contributed by atoms with Crippen molar-refractivity contribution < 1.29 is 13.9 Å². The maximum Gasteiger partial charge on any atom is 0.254 e. The molecule has 1 amide bonds. The molecule has 3 rings (SSSR count). The molecule has 0 spiro atoms. The number of aromatic nitrogens is 2. The molecule has 27 heavy (non-hydrogen) atoms. The number of carbonyl (C=O) groups is 1. The standard InChI is InChI=1S/C21H21N3O3/c1-4-13-26-18-11-9-17(10-12-18)21(25)24(3)14-19-22-23-20(27-19)16-7-5-15(2)6-8-16/h4-12H,1,13-14H2,2-3H3. The number of aryl methyl sites for hydroxylation is 1. The number of carbonyl (C=O) groups excluding carboxylic acids is 1. The lowest BCUT2D eigenvalue weighted by Crippen LogP contribution is -2.26. The van der Waals surface area contributed by atoms with Gasteiger partial charge in [0.15, 0.2) is 0 Å². The Morgan fingerprint density at radius 2 is 1.85 bits per heavy atom. The Labute approximate surface area is 158 Å². The molecule has 0 aliphatic rings. The van der Waals surface area contributed by atoms with Gasteiger partial charge < -0.3 is 14.1 Å². The molecule has 1 heterocycles. The van der Waals surface area contributed by atoms with Crippen LogP contribution < -0.4 is 4.74 Å². The van der Waals surface area contributed by atoms with Crippen LogP contribution >= 0.6 is 0 Å². The molecular formula is C21H21N3O3. The van der Waals surface area contributed by atoms with Gasteiger partial charge in [-0.05, 0) is 43.3 Å². The van der Waals surface area contributed by atoms with Crippen molar-refractivity contribution in [1.82, 2.24) is 15.1 Å². The van der Waals surface area contributed by atoms with Crippen LogP contribution in [-0.2, 0) is 6.54 Å². The first kappa shape index (κ1) is 18.4. The summed E-state index contributed by atoms with van der Waals surface area (Å²) < 4.78 is 11.1. The van der Waals surface area contributed by atoms with E-state index in [2.05, 4.69) is 16.8 Å². The fourth-order valence-electron chi connectivity index (χ4n) is 2.47. The van der Waals surface area contributed by atoms with Gasteiger partial charge in [0, 0.05) is 18.2 Å². The largest absolute Gasteiger partial charge is 0.490 e. The second-order valence-electron chi connectivity index (χ2n) is 6.15. The zero-order chi connectivity index (χ0) is 19.2. The number of ether oxygens (including phenoxy) is 1. The van der Waals surface area contributed by atoms with E-state index in [1.807, 2.05) is 31.2 Å². The van der Waals surface area contributed by atoms with Gasteiger partial charge in [0.2, 0.25) is 11.8 Å². The summed E-state index contributed by atoms with van der Waals surface area (Å²) in [6.45, 7) is 6.27. The number of hydrogen-bond donors (Lipinski definition) is 0. The summed E-state index contributed by atoms with van der Waals surface area (Å²) in [6, 6.07) is 14.8. The fraction of sp³-hybridized carbons (Fsp3) is 0.190. The topological polar surface area (TPSA) is 68.5 Å². The summed E-state index contributed by atoms with van der Waals surface area (Å²) in [7, 11) is 1.69. The van der Waals surface area contributed by atoms with E-state index in [1.54, 1.807) is 37.4 Å². The van der Waals surface area contributed by atoms with E-state index in [1.165, 1.54) is 4.90 Å². The molecule has 0 atom stereocenters. The van der Waals surface area contributed by atoms with Crippen molar-refractivity contribution in [3.05, 3.63) is 78.2 Å². The second-order valence-corrected chi connectivity index (χ2v) is 6.15. The molecule has 0 fully saturated rings. The minimum atomic E-state index is -0.139. The van der Waals surface area contributed by atoms with Crippen LogP contribution in [0.15, 0.2) is 65.6 Å². The molecular weight excluding hydrogens is 342 g/mol. The monoisotopic (exact) mass is 363 g/mol. The van der Waals surface area contributed by atoms with Crippen LogP contribution in [0.3, 0.4) is 0 Å². The molecule has 0 unspecified atom stereocenters. The van der Waals surface area contributed by atoms with Crippen molar-refractivity contribution in [2.75, 3.05) is 13.7 Å². The molecule has 0 N–H and O–H groups in total. The van der Waals surface area contributed by atoms with Gasteiger partial charge in [-0.1, -0.05) is 30.4 Å². The lowest BCUT2D eigenvalue weighted by molar-refractivity contribution is 0.0773. The summed E-state index contributed by atoms with van der Waals surface area (Å²) in [5.41, 5.74) is 2.56. The Morgan fingerprint density at radius 3 is 2.52 bits per heavy atom. The lowest BCUT2D eigenvalue weighted by Gasteiger charge is -2.15. The number of hydrogen-bond acceptors (Lipinski definition) is 5. The van der Waals surface area contributed by atoms with E-state index < -0.39 is 0 Å². The molecule has 0 radical (unpaired) electrons. The van der Waals surface area contributed by atoms with Crippen LogP contribution in [-0.4, -0.2) is 34.7 Å². The highest BCUT2D eigenvalue weighted by atomic mass is 16.5. The Balaban J connectivity index is 1.64. The van der Waals surface area contributed by atoms with Gasteiger partial charge in [-0.25, -0.2) is 0 Å². The lowest BCUT2D eigenvalue weighted by atomic mass is 10.1. The predicted molar refractivity (Wildman–Crippen MR) is 102 cm³/mol. The normalized spacial score (nSPS) is 10.4. The highest BCUT2D eigenvalue weighted by molar-refractivity contribution is 5.94. The van der Waals surface area contributed by atoms with E-state index >= 15 is 0 Å². The average Bonchev–Trinajstić information content (AvgIpc) is 3.15. The zero-order valence-corrected chi connectivity index (χ0v) is 15.4. The van der Waals surface area contributed by atoms with Crippen LogP contribution in [0.4, 0.5) is 0 Å². The predicted octanol–water partition coefficient (Wildman–Crippen LogP) is 3.88.